The van der Waals surface area contributed by atoms with Crippen molar-refractivity contribution in [2.24, 2.45) is 0 Å². The minimum atomic E-state index is -0.973. The topological polar surface area (TPSA) is 84.9 Å². The first-order valence-corrected chi connectivity index (χ1v) is 6.22. The van der Waals surface area contributed by atoms with Gasteiger partial charge < -0.3 is 19.9 Å². The Kier molecular flexibility index (Phi) is 4.60. The van der Waals surface area contributed by atoms with Crippen LogP contribution in [-0.4, -0.2) is 36.7 Å². The maximum absolute atomic E-state index is 11.7. The third-order valence-electron chi connectivity index (χ3n) is 2.80. The molecule has 0 bridgehead atoms. The van der Waals surface area contributed by atoms with E-state index in [0.717, 1.165) is 0 Å². The number of carboxylic acid groups (broad SMARTS) is 1. The van der Waals surface area contributed by atoms with Gasteiger partial charge >= 0.3 is 5.97 Å². The third kappa shape index (κ3) is 3.50. The molecule has 106 valence electrons. The fourth-order valence-corrected chi connectivity index (χ4v) is 1.83. The van der Waals surface area contributed by atoms with E-state index in [0.29, 0.717) is 31.7 Å². The van der Waals surface area contributed by atoms with Gasteiger partial charge in [-0.05, 0) is 18.1 Å². The van der Waals surface area contributed by atoms with Crippen LogP contribution in [0, 0.1) is 0 Å². The van der Waals surface area contributed by atoms with E-state index >= 15 is 0 Å². The number of carbonyl (C=O) groups excluding carboxylic acids is 1. The highest BCUT2D eigenvalue weighted by molar-refractivity contribution is 5.91. The molecular weight excluding hydrogens is 262 g/mol. The second-order valence-corrected chi connectivity index (χ2v) is 4.17. The highest BCUT2D eigenvalue weighted by Crippen LogP contribution is 2.09. The molecule has 6 nitrogen and oxygen atoms in total. The molecule has 0 saturated carbocycles. The molecule has 1 amide bonds. The quantitative estimate of drug-likeness (QED) is 0.836. The van der Waals surface area contributed by atoms with Crippen molar-refractivity contribution in [1.29, 1.82) is 0 Å². The maximum Gasteiger partial charge on any atom is 0.335 e. The molecule has 0 aromatic heterocycles. The lowest BCUT2D eigenvalue weighted by atomic mass is 10.0. The smallest absolute Gasteiger partial charge is 0.335 e. The first-order chi connectivity index (χ1) is 9.68. The molecule has 2 rings (SSSR count). The Balaban J connectivity index is 1.88. The van der Waals surface area contributed by atoms with Crippen molar-refractivity contribution in [2.45, 2.75) is 6.42 Å². The van der Waals surface area contributed by atoms with Crippen molar-refractivity contribution >= 4 is 11.9 Å². The number of rotatable bonds is 5. The Morgan fingerprint density at radius 2 is 2.05 bits per heavy atom. The van der Waals surface area contributed by atoms with Crippen molar-refractivity contribution < 1.29 is 24.2 Å². The molecule has 0 aliphatic carbocycles. The van der Waals surface area contributed by atoms with E-state index < -0.39 is 5.97 Å². The number of ether oxygens (including phenoxy) is 2. The van der Waals surface area contributed by atoms with Crippen molar-refractivity contribution in [3.63, 3.8) is 0 Å². The Morgan fingerprint density at radius 1 is 1.25 bits per heavy atom. The summed E-state index contributed by atoms with van der Waals surface area (Å²) in [5.74, 6) is -1.20. The lowest BCUT2D eigenvalue weighted by molar-refractivity contribution is -0.122. The zero-order valence-corrected chi connectivity index (χ0v) is 10.8. The summed E-state index contributed by atoms with van der Waals surface area (Å²) in [5, 5.41) is 11.7. The van der Waals surface area contributed by atoms with Gasteiger partial charge in [0, 0.05) is 6.54 Å². The molecule has 0 fully saturated rings. The molecule has 1 heterocycles. The predicted molar refractivity (Wildman–Crippen MR) is 70.1 cm³/mol. The van der Waals surface area contributed by atoms with E-state index in [1.807, 2.05) is 0 Å². The van der Waals surface area contributed by atoms with Crippen LogP contribution in [0.3, 0.4) is 0 Å². The second kappa shape index (κ2) is 6.60. The summed E-state index contributed by atoms with van der Waals surface area (Å²) in [6, 6.07) is 6.71. The van der Waals surface area contributed by atoms with E-state index in [9.17, 15) is 9.59 Å². The van der Waals surface area contributed by atoms with Gasteiger partial charge in [-0.3, -0.25) is 4.79 Å². The average Bonchev–Trinajstić information content (AvgIpc) is 2.48. The summed E-state index contributed by atoms with van der Waals surface area (Å²) in [4.78, 5) is 22.7. The Bertz CT molecular complexity index is 538. The van der Waals surface area contributed by atoms with Gasteiger partial charge in [0.05, 0.1) is 5.56 Å². The molecule has 1 aromatic rings. The zero-order chi connectivity index (χ0) is 14.4. The highest BCUT2D eigenvalue weighted by atomic mass is 16.6. The van der Waals surface area contributed by atoms with Crippen LogP contribution in [0.5, 0.6) is 0 Å². The van der Waals surface area contributed by atoms with Gasteiger partial charge in [-0.25, -0.2) is 4.79 Å². The van der Waals surface area contributed by atoms with Crippen LogP contribution in [0.2, 0.25) is 0 Å². The number of hydrogen-bond donors (Lipinski definition) is 2. The number of nitrogens with one attached hydrogen (secondary N) is 1. The van der Waals surface area contributed by atoms with Gasteiger partial charge in [-0.1, -0.05) is 18.2 Å². The van der Waals surface area contributed by atoms with Crippen LogP contribution in [0.4, 0.5) is 0 Å². The van der Waals surface area contributed by atoms with E-state index in [4.69, 9.17) is 14.6 Å². The van der Waals surface area contributed by atoms with E-state index in [1.165, 1.54) is 6.26 Å². The normalized spacial score (nSPS) is 13.7. The molecule has 0 spiro atoms. The van der Waals surface area contributed by atoms with Crippen molar-refractivity contribution in [3.05, 3.63) is 47.4 Å². The van der Waals surface area contributed by atoms with Crippen molar-refractivity contribution in [2.75, 3.05) is 19.8 Å². The number of carboxylic acids is 1. The number of benzene rings is 1. The molecule has 0 saturated heterocycles. The summed E-state index contributed by atoms with van der Waals surface area (Å²) in [5.41, 5.74) is 0.924. The number of aromatic carboxylic acids is 1. The molecule has 1 aliphatic heterocycles. The lowest BCUT2D eigenvalue weighted by Crippen LogP contribution is -2.30. The second-order valence-electron chi connectivity index (χ2n) is 4.17. The number of hydrogen-bond acceptors (Lipinski definition) is 4. The first kappa shape index (κ1) is 13.9. The monoisotopic (exact) mass is 277 g/mol. The maximum atomic E-state index is 11.7. The van der Waals surface area contributed by atoms with E-state index in [1.54, 1.807) is 24.3 Å². The molecule has 20 heavy (non-hydrogen) atoms. The molecule has 1 aliphatic rings. The minimum Gasteiger partial charge on any atom is -0.494 e. The van der Waals surface area contributed by atoms with Crippen LogP contribution in [-0.2, 0) is 20.7 Å². The molecule has 0 unspecified atom stereocenters. The summed E-state index contributed by atoms with van der Waals surface area (Å²) in [6.07, 6.45) is 1.71. The number of amides is 1. The van der Waals surface area contributed by atoms with Gasteiger partial charge in [-0.15, -0.1) is 0 Å². The van der Waals surface area contributed by atoms with Gasteiger partial charge in [0.2, 0.25) is 5.76 Å². The van der Waals surface area contributed by atoms with Crippen molar-refractivity contribution in [3.8, 4) is 0 Å². The van der Waals surface area contributed by atoms with Crippen molar-refractivity contribution in [1.82, 2.24) is 5.32 Å². The summed E-state index contributed by atoms with van der Waals surface area (Å²) < 4.78 is 10.1. The molecule has 1 aromatic carbocycles. The largest absolute Gasteiger partial charge is 0.494 e. The van der Waals surface area contributed by atoms with Crippen LogP contribution in [0.1, 0.15) is 15.9 Å². The average molecular weight is 277 g/mol. The van der Waals surface area contributed by atoms with E-state index in [-0.39, 0.29) is 17.2 Å². The van der Waals surface area contributed by atoms with Gasteiger partial charge in [0.1, 0.15) is 19.5 Å². The predicted octanol–water partition coefficient (Wildman–Crippen LogP) is 0.932. The summed E-state index contributed by atoms with van der Waals surface area (Å²) in [6.45, 7) is 1.10. The zero-order valence-electron chi connectivity index (χ0n) is 10.8. The Labute approximate surface area is 116 Å². The van der Waals surface area contributed by atoms with Crippen LogP contribution < -0.4 is 5.32 Å². The van der Waals surface area contributed by atoms with Crippen LogP contribution in [0.25, 0.3) is 0 Å². The Hall–Kier alpha value is -2.50. The Morgan fingerprint density at radius 3 is 2.75 bits per heavy atom. The number of carbonyl (C=O) groups is 2. The van der Waals surface area contributed by atoms with Gasteiger partial charge in [-0.2, -0.15) is 0 Å². The SMILES string of the molecule is O=C(NCCc1ccccc1C(=O)O)C1=COCCO1. The minimum absolute atomic E-state index is 0.141. The standard InChI is InChI=1S/C14H15NO5/c16-13(12-9-19-7-8-20-12)15-6-5-10-3-1-2-4-11(10)14(17)18/h1-4,9H,5-8H2,(H,15,16)(H,17,18). The fraction of sp³-hybridized carbons (Fsp3) is 0.286. The van der Waals surface area contributed by atoms with E-state index in [2.05, 4.69) is 5.32 Å². The fourth-order valence-electron chi connectivity index (χ4n) is 1.83. The highest BCUT2D eigenvalue weighted by Gasteiger charge is 2.15. The third-order valence-corrected chi connectivity index (χ3v) is 2.80. The summed E-state index contributed by atoms with van der Waals surface area (Å²) >= 11 is 0. The van der Waals surface area contributed by atoms with Crippen LogP contribution >= 0.6 is 0 Å². The summed E-state index contributed by atoms with van der Waals surface area (Å²) in [7, 11) is 0. The van der Waals surface area contributed by atoms with Gasteiger partial charge in [0.15, 0.2) is 0 Å². The molecule has 0 radical (unpaired) electrons. The van der Waals surface area contributed by atoms with Crippen LogP contribution in [0.15, 0.2) is 36.3 Å². The lowest BCUT2D eigenvalue weighted by Gasteiger charge is -2.15. The van der Waals surface area contributed by atoms with Gasteiger partial charge in [0.25, 0.3) is 5.91 Å². The molecule has 6 heteroatoms. The first-order valence-electron chi connectivity index (χ1n) is 6.22. The molecule has 2 N–H and O–H groups in total. The molecule has 0 atom stereocenters. The molecular formula is C14H15NO5.